The minimum Gasteiger partial charge on any atom is -0.478 e. The van der Waals surface area contributed by atoms with Gasteiger partial charge in [0, 0.05) is 25.9 Å². The molecule has 1 aliphatic rings. The normalized spacial score (nSPS) is 16.1. The van der Waals surface area contributed by atoms with Crippen LogP contribution in [0, 0.1) is 5.92 Å². The Morgan fingerprint density at radius 3 is 2.95 bits per heavy atom. The van der Waals surface area contributed by atoms with Gasteiger partial charge in [-0.2, -0.15) is 0 Å². The number of carbonyl (C=O) groups is 1. The third-order valence-corrected chi connectivity index (χ3v) is 3.62. The standard InChI is InChI=1S/C14H20N2O3/c1-10(11-3-4-11)16(7-8-19-2)13-9-12(14(17)18)5-6-15-13/h5-6,9-11H,3-4,7-8H2,1-2H3,(H,17,18). The summed E-state index contributed by atoms with van der Waals surface area (Å²) in [7, 11) is 1.67. The molecule has 0 amide bonds. The first-order chi connectivity index (χ1) is 9.13. The fraction of sp³-hybridized carbons (Fsp3) is 0.571. The van der Waals surface area contributed by atoms with Crippen LogP contribution in [-0.4, -0.2) is 42.4 Å². The van der Waals surface area contributed by atoms with Crippen molar-refractivity contribution in [1.29, 1.82) is 0 Å². The summed E-state index contributed by atoms with van der Waals surface area (Å²) >= 11 is 0. The van der Waals surface area contributed by atoms with E-state index in [2.05, 4.69) is 16.8 Å². The summed E-state index contributed by atoms with van der Waals surface area (Å²) in [4.78, 5) is 17.5. The van der Waals surface area contributed by atoms with Gasteiger partial charge in [0.25, 0.3) is 0 Å². The second-order valence-electron chi connectivity index (χ2n) is 4.97. The number of nitrogens with zero attached hydrogens (tertiary/aromatic N) is 2. The Morgan fingerprint density at radius 1 is 1.63 bits per heavy atom. The van der Waals surface area contributed by atoms with Gasteiger partial charge in [-0.25, -0.2) is 9.78 Å². The SMILES string of the molecule is COCCN(c1cc(C(=O)O)ccn1)C(C)C1CC1. The van der Waals surface area contributed by atoms with Crippen molar-refractivity contribution >= 4 is 11.8 Å². The second-order valence-corrected chi connectivity index (χ2v) is 4.97. The number of carboxylic acids is 1. The molecule has 0 spiro atoms. The van der Waals surface area contributed by atoms with E-state index in [9.17, 15) is 4.79 Å². The largest absolute Gasteiger partial charge is 0.478 e. The summed E-state index contributed by atoms with van der Waals surface area (Å²) in [5.74, 6) is 0.484. The zero-order valence-corrected chi connectivity index (χ0v) is 11.4. The van der Waals surface area contributed by atoms with Crippen LogP contribution in [0.2, 0.25) is 0 Å². The Morgan fingerprint density at radius 2 is 2.37 bits per heavy atom. The Hall–Kier alpha value is -1.62. The average Bonchev–Trinajstić information content (AvgIpc) is 3.23. The monoisotopic (exact) mass is 264 g/mol. The lowest BCUT2D eigenvalue weighted by atomic mass is 10.1. The van der Waals surface area contributed by atoms with Crippen molar-refractivity contribution in [1.82, 2.24) is 4.98 Å². The van der Waals surface area contributed by atoms with Gasteiger partial charge < -0.3 is 14.7 Å². The lowest BCUT2D eigenvalue weighted by Crippen LogP contribution is -2.38. The van der Waals surface area contributed by atoms with Gasteiger partial charge in [-0.3, -0.25) is 0 Å². The fourth-order valence-corrected chi connectivity index (χ4v) is 2.26. The molecule has 1 heterocycles. The summed E-state index contributed by atoms with van der Waals surface area (Å²) in [6, 6.07) is 3.52. The number of carboxylic acid groups (broad SMARTS) is 1. The van der Waals surface area contributed by atoms with Crippen LogP contribution < -0.4 is 4.90 Å². The molecule has 0 saturated heterocycles. The van der Waals surface area contributed by atoms with Crippen LogP contribution in [0.15, 0.2) is 18.3 Å². The predicted molar refractivity (Wildman–Crippen MR) is 72.6 cm³/mol. The average molecular weight is 264 g/mol. The molecule has 1 aromatic rings. The number of aromatic carboxylic acids is 1. The van der Waals surface area contributed by atoms with Gasteiger partial charge in [0.15, 0.2) is 0 Å². The quantitative estimate of drug-likeness (QED) is 0.816. The van der Waals surface area contributed by atoms with E-state index in [1.54, 1.807) is 19.4 Å². The molecule has 1 saturated carbocycles. The van der Waals surface area contributed by atoms with Gasteiger partial charge in [-0.1, -0.05) is 0 Å². The van der Waals surface area contributed by atoms with Crippen molar-refractivity contribution in [2.45, 2.75) is 25.8 Å². The molecule has 1 unspecified atom stereocenters. The van der Waals surface area contributed by atoms with Crippen LogP contribution in [0.5, 0.6) is 0 Å². The van der Waals surface area contributed by atoms with E-state index in [1.165, 1.54) is 18.9 Å². The number of pyridine rings is 1. The number of methoxy groups -OCH3 is 1. The molecule has 5 nitrogen and oxygen atoms in total. The summed E-state index contributed by atoms with van der Waals surface area (Å²) in [5, 5.41) is 9.06. The van der Waals surface area contributed by atoms with Crippen LogP contribution in [-0.2, 0) is 4.74 Å². The molecule has 2 rings (SSSR count). The van der Waals surface area contributed by atoms with Crippen molar-refractivity contribution in [2.75, 3.05) is 25.2 Å². The molecule has 1 aromatic heterocycles. The van der Waals surface area contributed by atoms with Crippen molar-refractivity contribution in [2.24, 2.45) is 5.92 Å². The first-order valence-corrected chi connectivity index (χ1v) is 6.58. The number of aromatic nitrogens is 1. The van der Waals surface area contributed by atoms with Gasteiger partial charge in [0.05, 0.1) is 12.2 Å². The maximum Gasteiger partial charge on any atom is 0.335 e. The molecular weight excluding hydrogens is 244 g/mol. The molecule has 0 aliphatic heterocycles. The predicted octanol–water partition coefficient (Wildman–Crippen LogP) is 2.03. The Labute approximate surface area is 113 Å². The zero-order valence-electron chi connectivity index (χ0n) is 11.4. The van der Waals surface area contributed by atoms with E-state index in [4.69, 9.17) is 9.84 Å². The van der Waals surface area contributed by atoms with Crippen LogP contribution in [0.1, 0.15) is 30.1 Å². The summed E-state index contributed by atoms with van der Waals surface area (Å²) in [5.41, 5.74) is 0.274. The minimum atomic E-state index is -0.922. The van der Waals surface area contributed by atoms with Crippen LogP contribution >= 0.6 is 0 Å². The molecule has 5 heteroatoms. The van der Waals surface area contributed by atoms with E-state index in [0.29, 0.717) is 18.6 Å². The van der Waals surface area contributed by atoms with Gasteiger partial charge in [-0.05, 0) is 37.8 Å². The van der Waals surface area contributed by atoms with Crippen LogP contribution in [0.4, 0.5) is 5.82 Å². The number of anilines is 1. The topological polar surface area (TPSA) is 62.7 Å². The van der Waals surface area contributed by atoms with Crippen molar-refractivity contribution in [3.8, 4) is 0 Å². The zero-order chi connectivity index (χ0) is 13.8. The van der Waals surface area contributed by atoms with E-state index < -0.39 is 5.97 Å². The second kappa shape index (κ2) is 6.02. The summed E-state index contributed by atoms with van der Waals surface area (Å²) < 4.78 is 5.14. The maximum atomic E-state index is 11.0. The molecular formula is C14H20N2O3. The van der Waals surface area contributed by atoms with Gasteiger partial charge in [-0.15, -0.1) is 0 Å². The lowest BCUT2D eigenvalue weighted by Gasteiger charge is -2.30. The molecule has 0 bridgehead atoms. The Kier molecular flexibility index (Phi) is 4.37. The fourth-order valence-electron chi connectivity index (χ4n) is 2.26. The number of hydrogen-bond donors (Lipinski definition) is 1. The molecule has 1 N–H and O–H groups in total. The van der Waals surface area contributed by atoms with E-state index in [-0.39, 0.29) is 5.56 Å². The van der Waals surface area contributed by atoms with Crippen molar-refractivity contribution in [3.05, 3.63) is 23.9 Å². The highest BCUT2D eigenvalue weighted by Gasteiger charge is 2.32. The first kappa shape index (κ1) is 13.8. The first-order valence-electron chi connectivity index (χ1n) is 6.58. The minimum absolute atomic E-state index is 0.274. The van der Waals surface area contributed by atoms with E-state index >= 15 is 0 Å². The summed E-state index contributed by atoms with van der Waals surface area (Å²) in [6.07, 6.45) is 4.03. The molecule has 1 fully saturated rings. The highest BCUT2D eigenvalue weighted by molar-refractivity contribution is 5.88. The van der Waals surface area contributed by atoms with Gasteiger partial charge >= 0.3 is 5.97 Å². The van der Waals surface area contributed by atoms with Crippen LogP contribution in [0.25, 0.3) is 0 Å². The highest BCUT2D eigenvalue weighted by Crippen LogP contribution is 2.36. The van der Waals surface area contributed by atoms with Gasteiger partial charge in [0.2, 0.25) is 0 Å². The number of ether oxygens (including phenoxy) is 1. The third kappa shape index (κ3) is 3.44. The third-order valence-electron chi connectivity index (χ3n) is 3.62. The molecule has 0 aromatic carbocycles. The summed E-state index contributed by atoms with van der Waals surface area (Å²) in [6.45, 7) is 3.50. The van der Waals surface area contributed by atoms with Crippen molar-refractivity contribution < 1.29 is 14.6 Å². The molecule has 1 atom stereocenters. The Bertz CT molecular complexity index is 446. The smallest absolute Gasteiger partial charge is 0.335 e. The highest BCUT2D eigenvalue weighted by atomic mass is 16.5. The molecule has 0 radical (unpaired) electrons. The molecule has 1 aliphatic carbocycles. The maximum absolute atomic E-state index is 11.0. The Balaban J connectivity index is 2.20. The van der Waals surface area contributed by atoms with E-state index in [0.717, 1.165) is 12.4 Å². The number of hydrogen-bond acceptors (Lipinski definition) is 4. The number of rotatable bonds is 7. The lowest BCUT2D eigenvalue weighted by molar-refractivity contribution is 0.0697. The van der Waals surface area contributed by atoms with Crippen LogP contribution in [0.3, 0.4) is 0 Å². The van der Waals surface area contributed by atoms with Crippen molar-refractivity contribution in [3.63, 3.8) is 0 Å². The van der Waals surface area contributed by atoms with Gasteiger partial charge in [0.1, 0.15) is 5.82 Å². The molecule has 104 valence electrons. The molecule has 19 heavy (non-hydrogen) atoms. The van der Waals surface area contributed by atoms with E-state index in [1.807, 2.05) is 0 Å².